The topological polar surface area (TPSA) is 56.8 Å². The molecular weight excluding hydrogens is 421 g/mol. The van der Waals surface area contributed by atoms with E-state index in [2.05, 4.69) is 5.32 Å². The Kier molecular flexibility index (Phi) is 6.78. The van der Waals surface area contributed by atoms with Crippen molar-refractivity contribution >= 4 is 52.1 Å². The maximum absolute atomic E-state index is 12.1. The van der Waals surface area contributed by atoms with Gasteiger partial charge in [-0.1, -0.05) is 47.6 Å². The van der Waals surface area contributed by atoms with Crippen molar-refractivity contribution in [1.29, 1.82) is 0 Å². The van der Waals surface area contributed by atoms with Crippen LogP contribution < -0.4 is 10.1 Å². The van der Waals surface area contributed by atoms with Crippen molar-refractivity contribution in [1.82, 2.24) is 0 Å². The molecule has 148 valence electrons. The van der Waals surface area contributed by atoms with Gasteiger partial charge >= 0.3 is 5.97 Å². The molecule has 8 heteroatoms. The van der Waals surface area contributed by atoms with Crippen LogP contribution in [0.25, 0.3) is 0 Å². The van der Waals surface area contributed by atoms with Gasteiger partial charge in [0.25, 0.3) is 0 Å². The van der Waals surface area contributed by atoms with Crippen LogP contribution in [0.15, 0.2) is 36.4 Å². The summed E-state index contributed by atoms with van der Waals surface area (Å²) in [6.45, 7) is 2.03. The van der Waals surface area contributed by atoms with Crippen molar-refractivity contribution in [3.8, 4) is 5.75 Å². The molecule has 1 heterocycles. The number of halogens is 2. The zero-order valence-electron chi connectivity index (χ0n) is 15.3. The van der Waals surface area contributed by atoms with Gasteiger partial charge in [-0.05, 0) is 31.2 Å². The normalized spacial score (nSPS) is 18.6. The van der Waals surface area contributed by atoms with E-state index in [1.165, 1.54) is 0 Å². The van der Waals surface area contributed by atoms with Crippen LogP contribution >= 0.6 is 35.4 Å². The highest BCUT2D eigenvalue weighted by molar-refractivity contribution is 7.80. The van der Waals surface area contributed by atoms with Crippen LogP contribution in [0.5, 0.6) is 5.75 Å². The molecule has 0 radical (unpaired) electrons. The predicted octanol–water partition coefficient (Wildman–Crippen LogP) is 5.18. The molecule has 0 saturated carbocycles. The molecule has 2 unspecified atom stereocenters. The molecule has 3 rings (SSSR count). The fourth-order valence-corrected chi connectivity index (χ4v) is 3.77. The van der Waals surface area contributed by atoms with E-state index in [0.717, 1.165) is 11.3 Å². The van der Waals surface area contributed by atoms with Crippen LogP contribution in [-0.4, -0.2) is 30.8 Å². The van der Waals surface area contributed by atoms with Crippen LogP contribution in [0.1, 0.15) is 30.6 Å². The number of fused-ring (bicyclic) bond motifs is 1. The Morgan fingerprint density at radius 1 is 1.25 bits per heavy atom. The number of ether oxygens (including phenoxy) is 3. The highest BCUT2D eigenvalue weighted by atomic mass is 35.5. The van der Waals surface area contributed by atoms with E-state index in [0.29, 0.717) is 26.3 Å². The summed E-state index contributed by atoms with van der Waals surface area (Å²) in [5.41, 5.74) is 2.22. The fourth-order valence-electron chi connectivity index (χ4n) is 3.08. The van der Waals surface area contributed by atoms with E-state index in [9.17, 15) is 4.79 Å². The predicted molar refractivity (Wildman–Crippen MR) is 114 cm³/mol. The largest absolute Gasteiger partial charge is 0.495 e. The van der Waals surface area contributed by atoms with Crippen LogP contribution in [0.4, 0.5) is 5.69 Å². The first-order valence-corrected chi connectivity index (χ1v) is 9.84. The Labute approximate surface area is 178 Å². The molecule has 1 aliphatic rings. The lowest BCUT2D eigenvalue weighted by atomic mass is 9.98. The monoisotopic (exact) mass is 439 g/mol. The quantitative estimate of drug-likeness (QED) is 0.511. The van der Waals surface area contributed by atoms with Crippen LogP contribution in [0.3, 0.4) is 0 Å². The Balaban J connectivity index is 2.09. The van der Waals surface area contributed by atoms with E-state index in [1.54, 1.807) is 32.2 Å². The number of thiocarbonyl (C=S) groups is 1. The average Bonchev–Trinajstić information content (AvgIpc) is 2.78. The molecule has 0 spiro atoms. The van der Waals surface area contributed by atoms with Crippen molar-refractivity contribution in [3.63, 3.8) is 0 Å². The van der Waals surface area contributed by atoms with Gasteiger partial charge in [0.2, 0.25) is 0 Å². The number of para-hydroxylation sites is 1. The van der Waals surface area contributed by atoms with E-state index < -0.39 is 18.2 Å². The van der Waals surface area contributed by atoms with Crippen LogP contribution in [0, 0.1) is 0 Å². The molecule has 0 aliphatic carbocycles. The number of hydrogen-bond donors (Lipinski definition) is 1. The maximum Gasteiger partial charge on any atom is 0.308 e. The van der Waals surface area contributed by atoms with Crippen LogP contribution in [0.2, 0.25) is 10.0 Å². The Bertz CT molecular complexity index is 906. The number of nitrogens with one attached hydrogen (secondary N) is 1. The summed E-state index contributed by atoms with van der Waals surface area (Å²) in [7, 11) is 1.54. The number of esters is 1. The number of rotatable bonds is 5. The average molecular weight is 440 g/mol. The summed E-state index contributed by atoms with van der Waals surface area (Å²) < 4.78 is 16.9. The zero-order valence-corrected chi connectivity index (χ0v) is 17.7. The number of benzene rings is 2. The smallest absolute Gasteiger partial charge is 0.308 e. The van der Waals surface area contributed by atoms with E-state index in [4.69, 9.17) is 49.6 Å². The lowest BCUT2D eigenvalue weighted by Crippen LogP contribution is -2.31. The second-order valence-electron chi connectivity index (χ2n) is 6.10. The highest BCUT2D eigenvalue weighted by Crippen LogP contribution is 2.43. The number of anilines is 1. The minimum Gasteiger partial charge on any atom is -0.495 e. The van der Waals surface area contributed by atoms with Crippen molar-refractivity contribution in [2.75, 3.05) is 19.0 Å². The van der Waals surface area contributed by atoms with Gasteiger partial charge in [0.1, 0.15) is 22.9 Å². The minimum absolute atomic E-state index is 0.0131. The lowest BCUT2D eigenvalue weighted by Gasteiger charge is -2.24. The molecular formula is C20H19Cl2NO4S. The summed E-state index contributed by atoms with van der Waals surface area (Å²) >= 11 is 18.0. The summed E-state index contributed by atoms with van der Waals surface area (Å²) in [5.74, 6) is 0.0974. The van der Waals surface area contributed by atoms with Gasteiger partial charge in [-0.25, -0.2) is 0 Å². The minimum atomic E-state index is -0.686. The molecule has 1 aliphatic heterocycles. The summed E-state index contributed by atoms with van der Waals surface area (Å²) in [4.78, 5) is 12.4. The summed E-state index contributed by atoms with van der Waals surface area (Å²) in [6, 6.07) is 10.8. The van der Waals surface area contributed by atoms with Gasteiger partial charge in [-0.3, -0.25) is 4.79 Å². The highest BCUT2D eigenvalue weighted by Gasteiger charge is 2.33. The zero-order chi connectivity index (χ0) is 20.3. The molecule has 0 aromatic heterocycles. The van der Waals surface area contributed by atoms with E-state index >= 15 is 0 Å². The summed E-state index contributed by atoms with van der Waals surface area (Å²) in [6.07, 6.45) is -1.30. The standard InChI is InChI=1S/C20H19Cl2NO4S/c1-3-26-17(24)10-16-20(28)23-15-8-7-11(21)9-13(15)18(27-16)12-5-4-6-14(22)19(12)25-2/h4-9,16,18H,3,10H2,1-2H3,(H,23,28). The Morgan fingerprint density at radius 3 is 2.75 bits per heavy atom. The van der Waals surface area contributed by atoms with Crippen molar-refractivity contribution in [3.05, 3.63) is 57.6 Å². The number of hydrogen-bond acceptors (Lipinski definition) is 5. The molecule has 2 aromatic rings. The number of carbonyl (C=O) groups excluding carboxylic acids is 1. The third-order valence-corrected chi connectivity index (χ3v) is 5.19. The molecule has 0 fully saturated rings. The molecule has 1 N–H and O–H groups in total. The number of methoxy groups -OCH3 is 1. The molecule has 0 amide bonds. The van der Waals surface area contributed by atoms with E-state index in [-0.39, 0.29) is 13.0 Å². The van der Waals surface area contributed by atoms with Gasteiger partial charge in [0.05, 0.1) is 25.2 Å². The molecule has 0 saturated heterocycles. The Hall–Kier alpha value is -1.86. The molecule has 28 heavy (non-hydrogen) atoms. The van der Waals surface area contributed by atoms with Crippen molar-refractivity contribution in [2.24, 2.45) is 0 Å². The van der Waals surface area contributed by atoms with Crippen molar-refractivity contribution in [2.45, 2.75) is 25.6 Å². The first kappa shape index (κ1) is 20.9. The van der Waals surface area contributed by atoms with E-state index in [1.807, 2.05) is 18.2 Å². The molecule has 2 atom stereocenters. The summed E-state index contributed by atoms with van der Waals surface area (Å²) in [5, 5.41) is 4.16. The first-order chi connectivity index (χ1) is 13.4. The van der Waals surface area contributed by atoms with Gasteiger partial charge in [-0.15, -0.1) is 0 Å². The molecule has 2 aromatic carbocycles. The molecule has 5 nitrogen and oxygen atoms in total. The van der Waals surface area contributed by atoms with Crippen LogP contribution in [-0.2, 0) is 14.3 Å². The fraction of sp³-hybridized carbons (Fsp3) is 0.300. The third kappa shape index (κ3) is 4.41. The van der Waals surface area contributed by atoms with Crippen molar-refractivity contribution < 1.29 is 19.0 Å². The lowest BCUT2D eigenvalue weighted by molar-refractivity contribution is -0.145. The third-order valence-electron chi connectivity index (χ3n) is 4.29. The SMILES string of the molecule is CCOC(=O)CC1OC(c2cccc(Cl)c2OC)c2cc(Cl)ccc2NC1=S. The second kappa shape index (κ2) is 9.09. The first-order valence-electron chi connectivity index (χ1n) is 8.68. The van der Waals surface area contributed by atoms with Gasteiger partial charge in [0.15, 0.2) is 0 Å². The Morgan fingerprint density at radius 2 is 2.04 bits per heavy atom. The molecule has 0 bridgehead atoms. The van der Waals surface area contributed by atoms with Gasteiger partial charge in [0, 0.05) is 21.8 Å². The maximum atomic E-state index is 12.1. The van der Waals surface area contributed by atoms with Gasteiger partial charge in [-0.2, -0.15) is 0 Å². The number of carbonyl (C=O) groups is 1. The van der Waals surface area contributed by atoms with Gasteiger partial charge < -0.3 is 19.5 Å². The second-order valence-corrected chi connectivity index (χ2v) is 7.38.